The van der Waals surface area contributed by atoms with Crippen molar-refractivity contribution in [2.24, 2.45) is 0 Å². The number of hydrogen-bond acceptors (Lipinski definition) is 2. The number of fused-ring (bicyclic) bond motifs is 3. The average molecular weight is 265 g/mol. The van der Waals surface area contributed by atoms with E-state index < -0.39 is 0 Å². The summed E-state index contributed by atoms with van der Waals surface area (Å²) >= 11 is 0. The lowest BCUT2D eigenvalue weighted by atomic mass is 10.1. The second kappa shape index (κ2) is 4.85. The summed E-state index contributed by atoms with van der Waals surface area (Å²) < 4.78 is 5.24. The van der Waals surface area contributed by atoms with Crippen LogP contribution in [-0.2, 0) is 16.1 Å². The molecule has 0 amide bonds. The lowest BCUT2D eigenvalue weighted by Gasteiger charge is -2.05. The van der Waals surface area contributed by atoms with Crippen LogP contribution >= 0.6 is 0 Å². The van der Waals surface area contributed by atoms with Crippen LogP contribution in [0.3, 0.4) is 0 Å². The van der Waals surface area contributed by atoms with Crippen LogP contribution in [-0.4, -0.2) is 11.0 Å². The molecule has 0 unspecified atom stereocenters. The van der Waals surface area contributed by atoms with Crippen LogP contribution in [0.5, 0.6) is 0 Å². The predicted octanol–water partition coefficient (Wildman–Crippen LogP) is 3.94. The number of ether oxygens (including phenoxy) is 1. The van der Waals surface area contributed by atoms with Crippen LogP contribution in [0.4, 0.5) is 0 Å². The minimum atomic E-state index is -0.363. The number of aromatic nitrogens is 1. The monoisotopic (exact) mass is 265 g/mol. The van der Waals surface area contributed by atoms with E-state index in [-0.39, 0.29) is 12.6 Å². The fourth-order valence-corrected chi connectivity index (χ4v) is 2.32. The first-order valence-corrected chi connectivity index (χ1v) is 6.48. The molecule has 0 aliphatic rings. The van der Waals surface area contributed by atoms with Gasteiger partial charge in [-0.05, 0) is 13.0 Å². The Labute approximate surface area is 116 Å². The number of rotatable bonds is 3. The van der Waals surface area contributed by atoms with E-state index in [1.54, 1.807) is 6.92 Å². The first kappa shape index (κ1) is 12.5. The summed E-state index contributed by atoms with van der Waals surface area (Å²) in [5.74, 6) is -0.363. The van der Waals surface area contributed by atoms with Crippen molar-refractivity contribution in [3.8, 4) is 0 Å². The van der Waals surface area contributed by atoms with Gasteiger partial charge in [-0.15, -0.1) is 0 Å². The number of carbonyl (C=O) groups excluding carboxylic acids is 1. The highest BCUT2D eigenvalue weighted by molar-refractivity contribution is 6.08. The van der Waals surface area contributed by atoms with E-state index in [0.717, 1.165) is 22.0 Å². The Kier molecular flexibility index (Phi) is 3.03. The molecule has 2 aromatic carbocycles. The van der Waals surface area contributed by atoms with Gasteiger partial charge in [-0.25, -0.2) is 4.79 Å². The fraction of sp³-hybridized carbons (Fsp3) is 0.118. The van der Waals surface area contributed by atoms with Gasteiger partial charge in [0.05, 0.1) is 5.52 Å². The SMILES string of the molecule is C=C(C)C(=O)OCc1cccc2c1[nH]c1ccccc12. The summed E-state index contributed by atoms with van der Waals surface area (Å²) in [7, 11) is 0. The lowest BCUT2D eigenvalue weighted by molar-refractivity contribution is -0.140. The zero-order valence-corrected chi connectivity index (χ0v) is 11.3. The largest absolute Gasteiger partial charge is 0.457 e. The molecule has 0 aliphatic carbocycles. The van der Waals surface area contributed by atoms with Gasteiger partial charge in [-0.1, -0.05) is 43.0 Å². The van der Waals surface area contributed by atoms with Crippen LogP contribution in [0.1, 0.15) is 12.5 Å². The van der Waals surface area contributed by atoms with E-state index in [4.69, 9.17) is 4.74 Å². The van der Waals surface area contributed by atoms with Crippen LogP contribution in [0.25, 0.3) is 21.8 Å². The number of carbonyl (C=O) groups is 1. The topological polar surface area (TPSA) is 42.1 Å². The number of hydrogen-bond donors (Lipinski definition) is 1. The maximum atomic E-state index is 11.5. The van der Waals surface area contributed by atoms with Crippen molar-refractivity contribution in [2.75, 3.05) is 0 Å². The van der Waals surface area contributed by atoms with Gasteiger partial charge in [-0.3, -0.25) is 0 Å². The zero-order valence-electron chi connectivity index (χ0n) is 11.3. The molecule has 3 heteroatoms. The van der Waals surface area contributed by atoms with E-state index in [0.29, 0.717) is 5.57 Å². The molecular weight excluding hydrogens is 250 g/mol. The Morgan fingerprint density at radius 1 is 1.15 bits per heavy atom. The lowest BCUT2D eigenvalue weighted by Crippen LogP contribution is -2.05. The number of esters is 1. The molecule has 1 heterocycles. The molecule has 3 nitrogen and oxygen atoms in total. The smallest absolute Gasteiger partial charge is 0.333 e. The van der Waals surface area contributed by atoms with E-state index in [1.807, 2.05) is 30.3 Å². The summed E-state index contributed by atoms with van der Waals surface area (Å²) in [6, 6.07) is 14.1. The highest BCUT2D eigenvalue weighted by Crippen LogP contribution is 2.27. The highest BCUT2D eigenvalue weighted by atomic mass is 16.5. The van der Waals surface area contributed by atoms with Crippen LogP contribution < -0.4 is 0 Å². The highest BCUT2D eigenvalue weighted by Gasteiger charge is 2.09. The number of H-pyrrole nitrogens is 1. The first-order valence-electron chi connectivity index (χ1n) is 6.48. The Morgan fingerprint density at radius 2 is 1.90 bits per heavy atom. The Bertz CT molecular complexity index is 814. The summed E-state index contributed by atoms with van der Waals surface area (Å²) in [6.07, 6.45) is 0. The van der Waals surface area contributed by atoms with Crippen molar-refractivity contribution in [3.63, 3.8) is 0 Å². The standard InChI is InChI=1S/C17H15NO2/c1-11(2)17(19)20-10-12-6-5-8-14-13-7-3-4-9-15(13)18-16(12)14/h3-9,18H,1,10H2,2H3. The van der Waals surface area contributed by atoms with Gasteiger partial charge in [0.1, 0.15) is 6.61 Å². The molecular formula is C17H15NO2. The molecule has 0 spiro atoms. The fourth-order valence-electron chi connectivity index (χ4n) is 2.32. The van der Waals surface area contributed by atoms with Crippen molar-refractivity contribution < 1.29 is 9.53 Å². The summed E-state index contributed by atoms with van der Waals surface area (Å²) in [4.78, 5) is 14.9. The molecule has 0 atom stereocenters. The third-order valence-electron chi connectivity index (χ3n) is 3.33. The Hall–Kier alpha value is -2.55. The summed E-state index contributed by atoms with van der Waals surface area (Å²) in [6.45, 7) is 5.47. The van der Waals surface area contributed by atoms with Crippen molar-refractivity contribution in [1.82, 2.24) is 4.98 Å². The minimum absolute atomic E-state index is 0.246. The van der Waals surface area contributed by atoms with Gasteiger partial charge < -0.3 is 9.72 Å². The molecule has 0 saturated carbocycles. The van der Waals surface area contributed by atoms with Gasteiger partial charge in [-0.2, -0.15) is 0 Å². The normalized spacial score (nSPS) is 10.8. The van der Waals surface area contributed by atoms with Gasteiger partial charge >= 0.3 is 5.97 Å². The Balaban J connectivity index is 2.03. The van der Waals surface area contributed by atoms with Crippen LogP contribution in [0.15, 0.2) is 54.6 Å². The molecule has 100 valence electrons. The number of aromatic amines is 1. The second-order valence-corrected chi connectivity index (χ2v) is 4.87. The molecule has 20 heavy (non-hydrogen) atoms. The number of para-hydroxylation sites is 2. The van der Waals surface area contributed by atoms with Crippen LogP contribution in [0, 0.1) is 0 Å². The Morgan fingerprint density at radius 3 is 2.70 bits per heavy atom. The molecule has 0 radical (unpaired) electrons. The van der Waals surface area contributed by atoms with Crippen molar-refractivity contribution in [2.45, 2.75) is 13.5 Å². The minimum Gasteiger partial charge on any atom is -0.457 e. The molecule has 1 aromatic heterocycles. The first-order chi connectivity index (χ1) is 9.66. The summed E-state index contributed by atoms with van der Waals surface area (Å²) in [5, 5.41) is 2.32. The summed E-state index contributed by atoms with van der Waals surface area (Å²) in [5.41, 5.74) is 3.48. The molecule has 3 aromatic rings. The number of benzene rings is 2. The third kappa shape index (κ3) is 2.07. The maximum Gasteiger partial charge on any atom is 0.333 e. The molecule has 3 rings (SSSR count). The molecule has 0 saturated heterocycles. The van der Waals surface area contributed by atoms with Crippen molar-refractivity contribution >= 4 is 27.8 Å². The van der Waals surface area contributed by atoms with Gasteiger partial charge in [0.2, 0.25) is 0 Å². The average Bonchev–Trinajstić information content (AvgIpc) is 2.83. The second-order valence-electron chi connectivity index (χ2n) is 4.87. The molecule has 0 aliphatic heterocycles. The van der Waals surface area contributed by atoms with E-state index in [9.17, 15) is 4.79 Å². The third-order valence-corrected chi connectivity index (χ3v) is 3.33. The quantitative estimate of drug-likeness (QED) is 0.575. The molecule has 0 fully saturated rings. The number of nitrogens with one attached hydrogen (secondary N) is 1. The van der Waals surface area contributed by atoms with E-state index in [2.05, 4.69) is 23.7 Å². The van der Waals surface area contributed by atoms with E-state index in [1.165, 1.54) is 5.39 Å². The van der Waals surface area contributed by atoms with Gasteiger partial charge in [0, 0.05) is 27.4 Å². The van der Waals surface area contributed by atoms with Gasteiger partial charge in [0.25, 0.3) is 0 Å². The molecule has 0 bridgehead atoms. The predicted molar refractivity (Wildman–Crippen MR) is 80.4 cm³/mol. The van der Waals surface area contributed by atoms with Gasteiger partial charge in [0.15, 0.2) is 0 Å². The van der Waals surface area contributed by atoms with E-state index >= 15 is 0 Å². The van der Waals surface area contributed by atoms with Crippen molar-refractivity contribution in [1.29, 1.82) is 0 Å². The zero-order chi connectivity index (χ0) is 14.1. The maximum absolute atomic E-state index is 11.5. The molecule has 1 N–H and O–H groups in total. The van der Waals surface area contributed by atoms with Crippen molar-refractivity contribution in [3.05, 3.63) is 60.2 Å². The van der Waals surface area contributed by atoms with Crippen LogP contribution in [0.2, 0.25) is 0 Å².